The molecule has 0 aromatic heterocycles. The van der Waals surface area contributed by atoms with Gasteiger partial charge in [-0.15, -0.1) is 0 Å². The first-order chi connectivity index (χ1) is 31.7. The molecule has 0 aliphatic heterocycles. The summed E-state index contributed by atoms with van der Waals surface area (Å²) in [5.74, 6) is -8.01. The SMILES string of the molecule is CCCCCCCCCCCCCCCCC(C(=O)/C=C(\C)CCC=C(C)C)C(=O)OOC(=O)C1(C(=O)/C=C(\C)CCC=C(C)C)C(=O)C(=O)C1CCCCCCCCCCCCCCC. The first-order valence-corrected chi connectivity index (χ1v) is 26.9. The Hall–Kier alpha value is -3.42. The number of carbonyl (C=O) groups is 6. The minimum atomic E-state index is -2.43. The monoisotopic (exact) mass is 921 g/mol. The molecule has 66 heavy (non-hydrogen) atoms. The highest BCUT2D eigenvalue weighted by atomic mass is 17.2. The Balaban J connectivity index is 3.04. The maximum Gasteiger partial charge on any atom is 0.378 e. The molecule has 1 aliphatic rings. The molecule has 0 N–H and O–H groups in total. The first-order valence-electron chi connectivity index (χ1n) is 26.9. The van der Waals surface area contributed by atoms with Crippen LogP contribution >= 0.6 is 0 Å². The molecule has 3 unspecified atom stereocenters. The van der Waals surface area contributed by atoms with Crippen molar-refractivity contribution in [3.8, 4) is 0 Å². The fraction of sp³-hybridized carbons (Fsp3) is 0.759. The van der Waals surface area contributed by atoms with E-state index >= 15 is 0 Å². The summed E-state index contributed by atoms with van der Waals surface area (Å²) < 4.78 is 0. The van der Waals surface area contributed by atoms with E-state index in [2.05, 4.69) is 19.9 Å². The number of rotatable bonds is 41. The van der Waals surface area contributed by atoms with Gasteiger partial charge in [-0.25, -0.2) is 19.4 Å². The van der Waals surface area contributed by atoms with Crippen molar-refractivity contribution >= 4 is 35.1 Å². The lowest BCUT2D eigenvalue weighted by Gasteiger charge is -2.41. The quantitative estimate of drug-likeness (QED) is 0.0113. The van der Waals surface area contributed by atoms with E-state index in [9.17, 15) is 28.8 Å². The molecular formula is C58H96O8. The summed E-state index contributed by atoms with van der Waals surface area (Å²) in [6, 6.07) is 0. The second-order valence-corrected chi connectivity index (χ2v) is 20.2. The zero-order valence-electron chi connectivity index (χ0n) is 43.6. The predicted octanol–water partition coefficient (Wildman–Crippen LogP) is 16.2. The van der Waals surface area contributed by atoms with Crippen molar-refractivity contribution in [2.75, 3.05) is 0 Å². The maximum atomic E-state index is 14.1. The van der Waals surface area contributed by atoms with Crippen LogP contribution in [0.5, 0.6) is 0 Å². The molecule has 0 heterocycles. The zero-order chi connectivity index (χ0) is 49.0. The molecule has 8 heteroatoms. The number of unbranched alkanes of at least 4 members (excludes halogenated alkanes) is 25. The highest BCUT2D eigenvalue weighted by Crippen LogP contribution is 2.46. The molecule has 1 saturated carbocycles. The van der Waals surface area contributed by atoms with Crippen molar-refractivity contribution in [2.24, 2.45) is 17.3 Å². The van der Waals surface area contributed by atoms with Crippen LogP contribution in [0.4, 0.5) is 0 Å². The Morgan fingerprint density at radius 2 is 0.894 bits per heavy atom. The molecule has 376 valence electrons. The summed E-state index contributed by atoms with van der Waals surface area (Å²) in [7, 11) is 0. The van der Waals surface area contributed by atoms with Crippen molar-refractivity contribution < 1.29 is 38.5 Å². The van der Waals surface area contributed by atoms with Gasteiger partial charge in [0.05, 0.1) is 5.92 Å². The Morgan fingerprint density at radius 3 is 1.30 bits per heavy atom. The maximum absolute atomic E-state index is 14.1. The van der Waals surface area contributed by atoms with Gasteiger partial charge in [0.15, 0.2) is 11.6 Å². The molecule has 8 nitrogen and oxygen atoms in total. The fourth-order valence-electron chi connectivity index (χ4n) is 9.09. The topological polar surface area (TPSA) is 121 Å². The average molecular weight is 921 g/mol. The molecule has 0 amide bonds. The normalized spacial score (nSPS) is 16.7. The van der Waals surface area contributed by atoms with Crippen LogP contribution in [0.2, 0.25) is 0 Å². The van der Waals surface area contributed by atoms with Crippen LogP contribution < -0.4 is 0 Å². The van der Waals surface area contributed by atoms with Crippen LogP contribution in [0.1, 0.15) is 267 Å². The smallest absolute Gasteiger partial charge is 0.294 e. The van der Waals surface area contributed by atoms with Crippen LogP contribution in [0, 0.1) is 17.3 Å². The Bertz CT molecular complexity index is 1550. The molecule has 0 spiro atoms. The molecular weight excluding hydrogens is 825 g/mol. The summed E-state index contributed by atoms with van der Waals surface area (Å²) in [4.78, 5) is 92.7. The van der Waals surface area contributed by atoms with E-state index in [1.54, 1.807) is 6.92 Å². The Morgan fingerprint density at radius 1 is 0.515 bits per heavy atom. The number of hydrogen-bond donors (Lipinski definition) is 0. The van der Waals surface area contributed by atoms with E-state index in [0.29, 0.717) is 37.7 Å². The zero-order valence-corrected chi connectivity index (χ0v) is 43.6. The third-order valence-corrected chi connectivity index (χ3v) is 13.4. The van der Waals surface area contributed by atoms with Gasteiger partial charge >= 0.3 is 11.9 Å². The van der Waals surface area contributed by atoms with Gasteiger partial charge in [-0.05, 0) is 92.2 Å². The van der Waals surface area contributed by atoms with Gasteiger partial charge in [0.2, 0.25) is 17.0 Å². The van der Waals surface area contributed by atoms with Crippen molar-refractivity contribution in [3.63, 3.8) is 0 Å². The van der Waals surface area contributed by atoms with Crippen molar-refractivity contribution in [2.45, 2.75) is 267 Å². The molecule has 0 aromatic carbocycles. The van der Waals surface area contributed by atoms with E-state index in [4.69, 9.17) is 9.78 Å². The number of Topliss-reactive ketones (excluding diaryl/α,β-unsaturated/α-hetero) is 2. The van der Waals surface area contributed by atoms with E-state index in [-0.39, 0.29) is 12.8 Å². The predicted molar refractivity (Wildman–Crippen MR) is 272 cm³/mol. The van der Waals surface area contributed by atoms with Crippen LogP contribution in [0.3, 0.4) is 0 Å². The largest absolute Gasteiger partial charge is 0.378 e. The second kappa shape index (κ2) is 37.5. The third-order valence-electron chi connectivity index (χ3n) is 13.4. The summed E-state index contributed by atoms with van der Waals surface area (Å²) >= 11 is 0. The third kappa shape index (κ3) is 25.1. The summed E-state index contributed by atoms with van der Waals surface area (Å²) in [5, 5.41) is 0. The molecule has 3 atom stereocenters. The summed E-state index contributed by atoms with van der Waals surface area (Å²) in [5.41, 5.74) is 1.35. The van der Waals surface area contributed by atoms with Crippen molar-refractivity contribution in [3.05, 3.63) is 46.6 Å². The Kier molecular flexibility index (Phi) is 34.5. The van der Waals surface area contributed by atoms with E-state index in [1.165, 1.54) is 127 Å². The molecule has 0 bridgehead atoms. The van der Waals surface area contributed by atoms with Crippen LogP contribution in [0.25, 0.3) is 0 Å². The van der Waals surface area contributed by atoms with E-state index in [0.717, 1.165) is 68.9 Å². The lowest BCUT2D eigenvalue weighted by Crippen LogP contribution is -2.67. The van der Waals surface area contributed by atoms with Crippen molar-refractivity contribution in [1.29, 1.82) is 0 Å². The van der Waals surface area contributed by atoms with Gasteiger partial charge in [-0.3, -0.25) is 19.2 Å². The lowest BCUT2D eigenvalue weighted by molar-refractivity contribution is -0.269. The molecule has 0 saturated heterocycles. The minimum Gasteiger partial charge on any atom is -0.294 e. The van der Waals surface area contributed by atoms with E-state index < -0.39 is 52.3 Å². The van der Waals surface area contributed by atoms with Gasteiger partial charge in [-0.1, -0.05) is 222 Å². The highest BCUT2D eigenvalue weighted by Gasteiger charge is 2.72. The lowest BCUT2D eigenvalue weighted by atomic mass is 9.54. The fourth-order valence-corrected chi connectivity index (χ4v) is 9.09. The molecule has 0 aromatic rings. The Labute approximate surface area is 403 Å². The second-order valence-electron chi connectivity index (χ2n) is 20.2. The van der Waals surface area contributed by atoms with Crippen LogP contribution in [0.15, 0.2) is 46.6 Å². The standard InChI is InChI=1S/C58H96O8/c1-9-11-13-15-17-19-21-23-25-26-28-30-32-34-42-50(52(59)44-48(7)40-36-38-46(3)4)56(63)65-66-57(64)58(53(60)45-49(8)41-37-39-47(5)6)51(54(61)55(58)62)43-35-33-31-29-27-24-22-20-18-16-14-12-10-2/h38-39,44-45,50-51H,9-37,40-43H2,1-8H3/b48-44+,49-45+. The number of carbonyl (C=O) groups excluding carboxylic acids is 6. The van der Waals surface area contributed by atoms with Gasteiger partial charge in [0.1, 0.15) is 5.92 Å². The van der Waals surface area contributed by atoms with Crippen molar-refractivity contribution in [1.82, 2.24) is 0 Å². The highest BCUT2D eigenvalue weighted by molar-refractivity contribution is 6.57. The molecule has 1 rings (SSSR count). The number of allylic oxidation sites excluding steroid dienone is 8. The number of ketones is 4. The molecule has 1 fully saturated rings. The first kappa shape index (κ1) is 60.6. The summed E-state index contributed by atoms with van der Waals surface area (Å²) in [6.07, 6.45) is 41.0. The van der Waals surface area contributed by atoms with Gasteiger partial charge in [0.25, 0.3) is 0 Å². The molecule has 0 radical (unpaired) electrons. The average Bonchev–Trinajstić information content (AvgIpc) is 3.27. The van der Waals surface area contributed by atoms with Crippen LogP contribution in [-0.2, 0) is 38.5 Å². The van der Waals surface area contributed by atoms with Gasteiger partial charge < -0.3 is 0 Å². The van der Waals surface area contributed by atoms with Gasteiger partial charge in [-0.2, -0.15) is 0 Å². The van der Waals surface area contributed by atoms with Crippen LogP contribution in [-0.4, -0.2) is 35.1 Å². The van der Waals surface area contributed by atoms with Gasteiger partial charge in [0, 0.05) is 0 Å². The summed E-state index contributed by atoms with van der Waals surface area (Å²) in [6.45, 7) is 16.1. The number of hydrogen-bond acceptors (Lipinski definition) is 8. The minimum absolute atomic E-state index is 0.166. The van der Waals surface area contributed by atoms with E-state index in [1.807, 2.05) is 40.7 Å². The molecule has 1 aliphatic carbocycles.